The third-order valence-electron chi connectivity index (χ3n) is 3.69. The van der Waals surface area contributed by atoms with Gasteiger partial charge in [-0.2, -0.15) is 12.7 Å². The van der Waals surface area contributed by atoms with Crippen LogP contribution in [0.1, 0.15) is 45.4 Å². The summed E-state index contributed by atoms with van der Waals surface area (Å²) < 4.78 is 28.2. The fraction of sp³-hybridized carbons (Fsp3) is 1.00. The molecule has 0 aromatic heterocycles. The molecule has 19 heavy (non-hydrogen) atoms. The highest BCUT2D eigenvalue weighted by molar-refractivity contribution is 7.87. The highest BCUT2D eigenvalue weighted by atomic mass is 32.2. The summed E-state index contributed by atoms with van der Waals surface area (Å²) >= 11 is 0. The van der Waals surface area contributed by atoms with Gasteiger partial charge >= 0.3 is 0 Å². The molecule has 114 valence electrons. The van der Waals surface area contributed by atoms with E-state index in [2.05, 4.69) is 17.0 Å². The molecule has 0 heterocycles. The number of nitrogens with zero attached hydrogens (tertiary/aromatic N) is 1. The van der Waals surface area contributed by atoms with Crippen LogP contribution >= 0.6 is 0 Å². The summed E-state index contributed by atoms with van der Waals surface area (Å²) in [5.74, 6) is 0.536. The fourth-order valence-electron chi connectivity index (χ4n) is 2.40. The van der Waals surface area contributed by atoms with Crippen molar-refractivity contribution >= 4 is 10.2 Å². The van der Waals surface area contributed by atoms with Crippen LogP contribution in [0.5, 0.6) is 0 Å². The first-order valence-electron chi connectivity index (χ1n) is 7.48. The number of hydrogen-bond donors (Lipinski definition) is 2. The largest absolute Gasteiger partial charge is 0.317 e. The molecule has 1 rings (SSSR count). The highest BCUT2D eigenvalue weighted by Gasteiger charge is 2.21. The van der Waals surface area contributed by atoms with Gasteiger partial charge in [-0.1, -0.05) is 19.8 Å². The maximum atomic E-state index is 12.0. The van der Waals surface area contributed by atoms with Gasteiger partial charge in [0.25, 0.3) is 10.2 Å². The number of nitrogens with one attached hydrogen (secondary N) is 2. The average molecular weight is 291 g/mol. The molecule has 0 saturated heterocycles. The van der Waals surface area contributed by atoms with E-state index in [1.54, 1.807) is 7.05 Å². The van der Waals surface area contributed by atoms with Gasteiger partial charge in [0.1, 0.15) is 0 Å². The summed E-state index contributed by atoms with van der Waals surface area (Å²) in [5.41, 5.74) is 0. The van der Waals surface area contributed by atoms with Crippen molar-refractivity contribution in [3.63, 3.8) is 0 Å². The van der Waals surface area contributed by atoms with E-state index in [0.29, 0.717) is 19.0 Å². The zero-order valence-electron chi connectivity index (χ0n) is 12.3. The predicted octanol–water partition coefficient (Wildman–Crippen LogP) is 1.33. The SMILES string of the molecule is CCCNCCCN(C)S(=O)(=O)NCC1CCCC1. The topological polar surface area (TPSA) is 61.4 Å². The first kappa shape index (κ1) is 16.9. The smallest absolute Gasteiger partial charge is 0.279 e. The van der Waals surface area contributed by atoms with E-state index in [4.69, 9.17) is 0 Å². The maximum absolute atomic E-state index is 12.0. The van der Waals surface area contributed by atoms with Crippen LogP contribution in [-0.2, 0) is 10.2 Å². The summed E-state index contributed by atoms with van der Waals surface area (Å²) in [6, 6.07) is 0. The number of hydrogen-bond acceptors (Lipinski definition) is 3. The molecule has 5 nitrogen and oxygen atoms in total. The Bertz CT molecular complexity index is 327. The van der Waals surface area contributed by atoms with E-state index >= 15 is 0 Å². The number of rotatable bonds is 10. The van der Waals surface area contributed by atoms with E-state index in [1.165, 1.54) is 17.1 Å². The molecule has 0 bridgehead atoms. The molecule has 0 radical (unpaired) electrons. The van der Waals surface area contributed by atoms with Crippen LogP contribution in [-0.4, -0.2) is 45.9 Å². The van der Waals surface area contributed by atoms with Crippen molar-refractivity contribution in [3.8, 4) is 0 Å². The van der Waals surface area contributed by atoms with Gasteiger partial charge in [0, 0.05) is 20.1 Å². The van der Waals surface area contributed by atoms with Gasteiger partial charge in [0.05, 0.1) is 0 Å². The summed E-state index contributed by atoms with van der Waals surface area (Å²) in [7, 11) is -1.64. The van der Waals surface area contributed by atoms with Crippen LogP contribution in [0, 0.1) is 5.92 Å². The first-order chi connectivity index (χ1) is 9.06. The molecule has 1 aliphatic carbocycles. The Morgan fingerprint density at radius 3 is 2.53 bits per heavy atom. The van der Waals surface area contributed by atoms with Gasteiger partial charge in [-0.25, -0.2) is 4.72 Å². The van der Waals surface area contributed by atoms with Crippen LogP contribution in [0.4, 0.5) is 0 Å². The fourth-order valence-corrected chi connectivity index (χ4v) is 3.43. The van der Waals surface area contributed by atoms with E-state index in [-0.39, 0.29) is 0 Å². The predicted molar refractivity (Wildman–Crippen MR) is 79.3 cm³/mol. The minimum Gasteiger partial charge on any atom is -0.317 e. The van der Waals surface area contributed by atoms with Crippen molar-refractivity contribution in [3.05, 3.63) is 0 Å². The molecule has 0 aromatic carbocycles. The van der Waals surface area contributed by atoms with E-state index in [0.717, 1.165) is 38.8 Å². The highest BCUT2D eigenvalue weighted by Crippen LogP contribution is 2.23. The van der Waals surface area contributed by atoms with E-state index in [1.807, 2.05) is 0 Å². The van der Waals surface area contributed by atoms with Gasteiger partial charge in [0.15, 0.2) is 0 Å². The Kier molecular flexibility index (Phi) is 7.90. The first-order valence-corrected chi connectivity index (χ1v) is 8.92. The lowest BCUT2D eigenvalue weighted by Crippen LogP contribution is -2.41. The molecule has 0 amide bonds. The molecule has 1 fully saturated rings. The van der Waals surface area contributed by atoms with Gasteiger partial charge < -0.3 is 5.32 Å². The van der Waals surface area contributed by atoms with Crippen LogP contribution in [0.15, 0.2) is 0 Å². The molecule has 1 aliphatic rings. The third-order valence-corrected chi connectivity index (χ3v) is 5.23. The maximum Gasteiger partial charge on any atom is 0.279 e. The van der Waals surface area contributed by atoms with Crippen LogP contribution < -0.4 is 10.0 Å². The normalized spacial score (nSPS) is 17.4. The lowest BCUT2D eigenvalue weighted by atomic mass is 10.1. The lowest BCUT2D eigenvalue weighted by Gasteiger charge is -2.19. The zero-order chi connectivity index (χ0) is 14.1. The molecule has 0 unspecified atom stereocenters. The van der Waals surface area contributed by atoms with Crippen molar-refractivity contribution in [1.29, 1.82) is 0 Å². The minimum absolute atomic E-state index is 0.536. The third kappa shape index (κ3) is 6.70. The molecule has 2 N–H and O–H groups in total. The van der Waals surface area contributed by atoms with Crippen molar-refractivity contribution in [1.82, 2.24) is 14.3 Å². The zero-order valence-corrected chi connectivity index (χ0v) is 13.1. The Balaban J connectivity index is 2.18. The Morgan fingerprint density at radius 2 is 1.89 bits per heavy atom. The second kappa shape index (κ2) is 8.89. The molecular formula is C13H29N3O2S. The van der Waals surface area contributed by atoms with Gasteiger partial charge in [-0.3, -0.25) is 0 Å². The monoisotopic (exact) mass is 291 g/mol. The van der Waals surface area contributed by atoms with E-state index in [9.17, 15) is 8.42 Å². The Labute approximate surface area is 118 Å². The molecule has 6 heteroatoms. The quantitative estimate of drug-likeness (QED) is 0.597. The van der Waals surface area contributed by atoms with E-state index < -0.39 is 10.2 Å². The molecule has 0 spiro atoms. The van der Waals surface area contributed by atoms with Crippen molar-refractivity contribution in [2.24, 2.45) is 5.92 Å². The molecule has 0 aliphatic heterocycles. The van der Waals surface area contributed by atoms with Gasteiger partial charge in [-0.15, -0.1) is 0 Å². The summed E-state index contributed by atoms with van der Waals surface area (Å²) in [6.45, 7) is 5.15. The van der Waals surface area contributed by atoms with Crippen molar-refractivity contribution in [2.75, 3.05) is 33.2 Å². The summed E-state index contributed by atoms with van der Waals surface area (Å²) in [6.07, 6.45) is 6.76. The molecule has 1 saturated carbocycles. The Morgan fingerprint density at radius 1 is 1.21 bits per heavy atom. The van der Waals surface area contributed by atoms with Crippen LogP contribution in [0.3, 0.4) is 0 Å². The minimum atomic E-state index is -3.28. The standard InChI is InChI=1S/C13H29N3O2S/c1-3-9-14-10-6-11-16(2)19(17,18)15-12-13-7-4-5-8-13/h13-15H,3-12H2,1-2H3. The summed E-state index contributed by atoms with van der Waals surface area (Å²) in [5, 5.41) is 3.28. The summed E-state index contributed by atoms with van der Waals surface area (Å²) in [4.78, 5) is 0. The lowest BCUT2D eigenvalue weighted by molar-refractivity contribution is 0.434. The molecule has 0 aromatic rings. The second-order valence-corrected chi connectivity index (χ2v) is 7.29. The van der Waals surface area contributed by atoms with Gasteiger partial charge in [0.2, 0.25) is 0 Å². The Hall–Kier alpha value is -0.170. The molecule has 0 atom stereocenters. The van der Waals surface area contributed by atoms with Gasteiger partial charge in [-0.05, 0) is 44.7 Å². The average Bonchev–Trinajstić information content (AvgIpc) is 2.89. The van der Waals surface area contributed by atoms with Crippen LogP contribution in [0.2, 0.25) is 0 Å². The second-order valence-electron chi connectivity index (χ2n) is 5.43. The van der Waals surface area contributed by atoms with Crippen molar-refractivity contribution < 1.29 is 8.42 Å². The van der Waals surface area contributed by atoms with Crippen molar-refractivity contribution in [2.45, 2.75) is 45.4 Å². The van der Waals surface area contributed by atoms with Crippen LogP contribution in [0.25, 0.3) is 0 Å². The molecular weight excluding hydrogens is 262 g/mol.